The molecule has 2 rings (SSSR count). The lowest BCUT2D eigenvalue weighted by molar-refractivity contribution is 0.0660. The largest absolute Gasteiger partial charge is 0.385 e. The van der Waals surface area contributed by atoms with Gasteiger partial charge in [-0.15, -0.1) is 0 Å². The Morgan fingerprint density at radius 1 is 1.23 bits per heavy atom. The molecule has 4 nitrogen and oxygen atoms in total. The number of ketones is 1. The molecule has 1 heterocycles. The van der Waals surface area contributed by atoms with Gasteiger partial charge in [-0.3, -0.25) is 9.59 Å². The molecule has 1 aromatic rings. The van der Waals surface area contributed by atoms with Crippen molar-refractivity contribution in [3.63, 3.8) is 0 Å². The molecule has 1 atom stereocenters. The standard InChI is InChI=1S/C18H25NO3/c1-14(20)16-7-9-17(10-8-16)18(21)19-11-3-5-15(13-19)6-4-12-22-2/h7-10,15H,3-6,11-13H2,1-2H3. The van der Waals surface area contributed by atoms with E-state index < -0.39 is 0 Å². The molecule has 0 spiro atoms. The van der Waals surface area contributed by atoms with Gasteiger partial charge in [-0.05, 0) is 50.7 Å². The van der Waals surface area contributed by atoms with Crippen LogP contribution in [0.3, 0.4) is 0 Å². The van der Waals surface area contributed by atoms with Gasteiger partial charge in [-0.2, -0.15) is 0 Å². The second-order valence-corrected chi connectivity index (χ2v) is 6.03. The highest BCUT2D eigenvalue weighted by molar-refractivity contribution is 5.97. The fraction of sp³-hybridized carbons (Fsp3) is 0.556. The van der Waals surface area contributed by atoms with E-state index in [1.54, 1.807) is 31.4 Å². The smallest absolute Gasteiger partial charge is 0.253 e. The molecule has 4 heteroatoms. The molecule has 1 fully saturated rings. The van der Waals surface area contributed by atoms with E-state index >= 15 is 0 Å². The summed E-state index contributed by atoms with van der Waals surface area (Å²) in [7, 11) is 1.72. The summed E-state index contributed by atoms with van der Waals surface area (Å²) in [5, 5.41) is 0. The number of likely N-dealkylation sites (tertiary alicyclic amines) is 1. The molecule has 1 amide bonds. The maximum absolute atomic E-state index is 12.6. The number of hydrogen-bond acceptors (Lipinski definition) is 3. The first-order valence-corrected chi connectivity index (χ1v) is 8.01. The molecule has 0 aromatic heterocycles. The summed E-state index contributed by atoms with van der Waals surface area (Å²) in [6.07, 6.45) is 4.42. The predicted molar refractivity (Wildman–Crippen MR) is 86.2 cm³/mol. The molecule has 1 aliphatic heterocycles. The molecule has 22 heavy (non-hydrogen) atoms. The second kappa shape index (κ2) is 8.08. The maximum Gasteiger partial charge on any atom is 0.253 e. The second-order valence-electron chi connectivity index (χ2n) is 6.03. The monoisotopic (exact) mass is 303 g/mol. The molecule has 0 saturated carbocycles. The number of hydrogen-bond donors (Lipinski definition) is 0. The summed E-state index contributed by atoms with van der Waals surface area (Å²) >= 11 is 0. The normalized spacial score (nSPS) is 18.3. The Morgan fingerprint density at radius 3 is 2.55 bits per heavy atom. The average Bonchev–Trinajstić information content (AvgIpc) is 2.55. The van der Waals surface area contributed by atoms with E-state index in [4.69, 9.17) is 4.74 Å². The van der Waals surface area contributed by atoms with Crippen LogP contribution in [0, 0.1) is 5.92 Å². The van der Waals surface area contributed by atoms with Crippen molar-refractivity contribution in [3.8, 4) is 0 Å². The Bertz CT molecular complexity index is 510. The van der Waals surface area contributed by atoms with Crippen LogP contribution in [-0.4, -0.2) is 43.4 Å². The van der Waals surface area contributed by atoms with Gasteiger partial charge in [0.15, 0.2) is 5.78 Å². The van der Waals surface area contributed by atoms with Crippen molar-refractivity contribution in [1.29, 1.82) is 0 Å². The zero-order valence-corrected chi connectivity index (χ0v) is 13.5. The summed E-state index contributed by atoms with van der Waals surface area (Å²) in [6, 6.07) is 6.98. The van der Waals surface area contributed by atoms with Crippen LogP contribution in [0.2, 0.25) is 0 Å². The number of carbonyl (C=O) groups is 2. The third kappa shape index (κ3) is 4.41. The third-order valence-electron chi connectivity index (χ3n) is 4.31. The number of piperidine rings is 1. The zero-order valence-electron chi connectivity index (χ0n) is 13.5. The van der Waals surface area contributed by atoms with Crippen LogP contribution in [0.25, 0.3) is 0 Å². The number of carbonyl (C=O) groups excluding carboxylic acids is 2. The molecule has 0 N–H and O–H groups in total. The minimum atomic E-state index is 0.0233. The van der Waals surface area contributed by atoms with Crippen molar-refractivity contribution in [3.05, 3.63) is 35.4 Å². The number of nitrogens with zero attached hydrogens (tertiary/aromatic N) is 1. The van der Waals surface area contributed by atoms with Gasteiger partial charge in [0, 0.05) is 37.9 Å². The minimum Gasteiger partial charge on any atom is -0.385 e. The van der Waals surface area contributed by atoms with Gasteiger partial charge < -0.3 is 9.64 Å². The molecule has 0 bridgehead atoms. The fourth-order valence-corrected chi connectivity index (χ4v) is 3.03. The molecule has 1 aliphatic rings. The highest BCUT2D eigenvalue weighted by Crippen LogP contribution is 2.22. The van der Waals surface area contributed by atoms with E-state index in [0.717, 1.165) is 39.0 Å². The van der Waals surface area contributed by atoms with E-state index in [1.165, 1.54) is 13.3 Å². The topological polar surface area (TPSA) is 46.6 Å². The van der Waals surface area contributed by atoms with Gasteiger partial charge in [-0.25, -0.2) is 0 Å². The number of ether oxygens (including phenoxy) is 1. The number of benzene rings is 1. The molecule has 0 aliphatic carbocycles. The van der Waals surface area contributed by atoms with Gasteiger partial charge in [0.1, 0.15) is 0 Å². The SMILES string of the molecule is COCCCC1CCCN(C(=O)c2ccc(C(C)=O)cc2)C1. The Labute approximate surface area is 132 Å². The van der Waals surface area contributed by atoms with Crippen LogP contribution in [-0.2, 0) is 4.74 Å². The summed E-state index contributed by atoms with van der Waals surface area (Å²) in [5.41, 5.74) is 1.31. The predicted octanol–water partition coefficient (Wildman–Crippen LogP) is 3.17. The Balaban J connectivity index is 1.94. The van der Waals surface area contributed by atoms with Gasteiger partial charge in [0.05, 0.1) is 0 Å². The maximum atomic E-state index is 12.6. The van der Waals surface area contributed by atoms with Crippen LogP contribution >= 0.6 is 0 Å². The van der Waals surface area contributed by atoms with Crippen LogP contribution < -0.4 is 0 Å². The Morgan fingerprint density at radius 2 is 1.91 bits per heavy atom. The van der Waals surface area contributed by atoms with Crippen molar-refractivity contribution < 1.29 is 14.3 Å². The highest BCUT2D eigenvalue weighted by Gasteiger charge is 2.24. The first kappa shape index (κ1) is 16.7. The van der Waals surface area contributed by atoms with Crippen molar-refractivity contribution in [2.45, 2.75) is 32.6 Å². The van der Waals surface area contributed by atoms with Crippen molar-refractivity contribution in [1.82, 2.24) is 4.90 Å². The van der Waals surface area contributed by atoms with Crippen molar-refractivity contribution in [2.24, 2.45) is 5.92 Å². The highest BCUT2D eigenvalue weighted by atomic mass is 16.5. The lowest BCUT2D eigenvalue weighted by atomic mass is 9.93. The van der Waals surface area contributed by atoms with Crippen LogP contribution in [0.1, 0.15) is 53.3 Å². The lowest BCUT2D eigenvalue weighted by Gasteiger charge is -2.33. The molecular formula is C18H25NO3. The lowest BCUT2D eigenvalue weighted by Crippen LogP contribution is -2.40. The zero-order chi connectivity index (χ0) is 15.9. The van der Waals surface area contributed by atoms with Crippen molar-refractivity contribution >= 4 is 11.7 Å². The van der Waals surface area contributed by atoms with Crippen molar-refractivity contribution in [2.75, 3.05) is 26.8 Å². The van der Waals surface area contributed by atoms with Crippen LogP contribution in [0.5, 0.6) is 0 Å². The summed E-state index contributed by atoms with van der Waals surface area (Å²) in [6.45, 7) is 3.98. The fourth-order valence-electron chi connectivity index (χ4n) is 3.03. The molecule has 0 radical (unpaired) electrons. The van der Waals surface area contributed by atoms with E-state index in [0.29, 0.717) is 17.0 Å². The quantitative estimate of drug-likeness (QED) is 0.599. The van der Waals surface area contributed by atoms with Gasteiger partial charge >= 0.3 is 0 Å². The molecule has 1 saturated heterocycles. The van der Waals surface area contributed by atoms with Crippen LogP contribution in [0.15, 0.2) is 24.3 Å². The number of Topliss-reactive ketones (excluding diaryl/α,β-unsaturated/α-hetero) is 1. The average molecular weight is 303 g/mol. The summed E-state index contributed by atoms with van der Waals surface area (Å²) in [4.78, 5) is 25.8. The van der Waals surface area contributed by atoms with Gasteiger partial charge in [-0.1, -0.05) is 12.1 Å². The van der Waals surface area contributed by atoms with Gasteiger partial charge in [0.25, 0.3) is 5.91 Å². The summed E-state index contributed by atoms with van der Waals surface area (Å²) < 4.78 is 5.10. The molecule has 1 aromatic carbocycles. The summed E-state index contributed by atoms with van der Waals surface area (Å²) in [5.74, 6) is 0.672. The molecular weight excluding hydrogens is 278 g/mol. The third-order valence-corrected chi connectivity index (χ3v) is 4.31. The first-order chi connectivity index (χ1) is 10.6. The Kier molecular flexibility index (Phi) is 6.13. The van der Waals surface area contributed by atoms with E-state index in [2.05, 4.69) is 0 Å². The van der Waals surface area contributed by atoms with E-state index in [9.17, 15) is 9.59 Å². The number of methoxy groups -OCH3 is 1. The van der Waals surface area contributed by atoms with Crippen LogP contribution in [0.4, 0.5) is 0 Å². The molecule has 120 valence electrons. The van der Waals surface area contributed by atoms with E-state index in [1.807, 2.05) is 4.90 Å². The minimum absolute atomic E-state index is 0.0233. The first-order valence-electron chi connectivity index (χ1n) is 8.01. The van der Waals surface area contributed by atoms with E-state index in [-0.39, 0.29) is 11.7 Å². The van der Waals surface area contributed by atoms with Gasteiger partial charge in [0.2, 0.25) is 0 Å². The number of rotatable bonds is 6. The number of amides is 1. The molecule has 1 unspecified atom stereocenters. The Hall–Kier alpha value is -1.68.